The van der Waals surface area contributed by atoms with Gasteiger partial charge in [-0.3, -0.25) is 24.2 Å². The molecule has 16 heteroatoms. The highest BCUT2D eigenvalue weighted by Crippen LogP contribution is 2.25. The van der Waals surface area contributed by atoms with E-state index in [-0.39, 0.29) is 42.6 Å². The second-order valence-corrected chi connectivity index (χ2v) is 20.0. The Kier molecular flexibility index (Phi) is 20.8. The van der Waals surface area contributed by atoms with E-state index >= 15 is 0 Å². The van der Waals surface area contributed by atoms with Crippen LogP contribution in [0.2, 0.25) is 0 Å². The van der Waals surface area contributed by atoms with Gasteiger partial charge in [0.15, 0.2) is 5.17 Å². The third-order valence-corrected chi connectivity index (χ3v) is 11.9. The summed E-state index contributed by atoms with van der Waals surface area (Å²) in [5, 5.41) is 15.1. The van der Waals surface area contributed by atoms with Crippen LogP contribution < -0.4 is 26.6 Å². The van der Waals surface area contributed by atoms with Crippen molar-refractivity contribution in [3.8, 4) is 0 Å². The summed E-state index contributed by atoms with van der Waals surface area (Å²) in [6.45, 7) is 16.4. The lowest BCUT2D eigenvalue weighted by atomic mass is 9.94. The number of amidine groups is 1. The van der Waals surface area contributed by atoms with Crippen molar-refractivity contribution in [3.63, 3.8) is 0 Å². The summed E-state index contributed by atoms with van der Waals surface area (Å²) in [4.78, 5) is 87.8. The molecule has 2 heterocycles. The van der Waals surface area contributed by atoms with Crippen LogP contribution in [-0.4, -0.2) is 101 Å². The van der Waals surface area contributed by atoms with E-state index in [1.165, 1.54) is 11.8 Å². The monoisotopic (exact) mass is 918 g/mol. The number of hydrogen-bond acceptors (Lipinski definition) is 10. The SMILES string of the molecule is CC(C)C[C@@H](C=C[C@H](Cc1ccccc1)C(=O)N1CCC[C@H]1C(=O)N[C@H](C(=O)N[C@@H](CCCNC(=O)OCc1ccccc1)C(=O)NC1=NCCC(C)S1)C(C)C)NC(=O)OC(C)(C)C. The molecule has 1 unspecified atom stereocenters. The molecule has 6 atom stereocenters. The average Bonchev–Trinajstić information content (AvgIpc) is 3.74. The Bertz CT molecular complexity index is 1940. The predicted octanol–water partition coefficient (Wildman–Crippen LogP) is 6.66. The number of amides is 6. The lowest BCUT2D eigenvalue weighted by molar-refractivity contribution is -0.141. The Labute approximate surface area is 389 Å². The van der Waals surface area contributed by atoms with Crippen LogP contribution in [0, 0.1) is 17.8 Å². The minimum Gasteiger partial charge on any atom is -0.445 e. The summed E-state index contributed by atoms with van der Waals surface area (Å²) in [5.74, 6) is -2.50. The molecular formula is C49H71N7O8S. The summed E-state index contributed by atoms with van der Waals surface area (Å²) < 4.78 is 10.8. The molecule has 65 heavy (non-hydrogen) atoms. The molecule has 2 aliphatic rings. The first kappa shape index (κ1) is 52.2. The Hall–Kier alpha value is -5.38. The van der Waals surface area contributed by atoms with Crippen LogP contribution in [0.15, 0.2) is 77.8 Å². The van der Waals surface area contributed by atoms with E-state index in [4.69, 9.17) is 9.47 Å². The van der Waals surface area contributed by atoms with Gasteiger partial charge >= 0.3 is 12.2 Å². The average molecular weight is 918 g/mol. The zero-order valence-electron chi connectivity index (χ0n) is 39.4. The van der Waals surface area contributed by atoms with Gasteiger partial charge in [-0.15, -0.1) is 0 Å². The molecule has 0 spiro atoms. The first-order valence-corrected chi connectivity index (χ1v) is 23.9. The maximum atomic E-state index is 14.5. The standard InChI is InChI=1S/C49H71N7O8S/c1-32(2)29-38(52-48(62)64-49(6,7)8)24-23-37(30-35-17-11-9-12-18-35)45(60)56-28-16-22-40(56)43(58)54-41(33(3)4)44(59)53-39(42(57)55-46-50-27-25-34(5)65-46)21-15-26-51-47(61)63-31-36-19-13-10-14-20-36/h9-14,17-20,23-24,32-34,37-41H,15-16,21-22,25-31H2,1-8H3,(H,51,61)(H,52,62)(H,53,59)(H,54,58)(H,50,55,57)/t34?,37-,38-,39+,40+,41+/m1/s1. The van der Waals surface area contributed by atoms with Gasteiger partial charge in [0.2, 0.25) is 23.6 Å². The first-order valence-electron chi connectivity index (χ1n) is 23.0. The number of ether oxygens (including phenoxy) is 2. The van der Waals surface area contributed by atoms with Gasteiger partial charge in [0.1, 0.15) is 30.3 Å². The molecule has 2 aliphatic heterocycles. The zero-order chi connectivity index (χ0) is 47.5. The predicted molar refractivity (Wildman–Crippen MR) is 255 cm³/mol. The molecule has 15 nitrogen and oxygen atoms in total. The third-order valence-electron chi connectivity index (χ3n) is 10.8. The van der Waals surface area contributed by atoms with E-state index in [9.17, 15) is 28.8 Å². The largest absolute Gasteiger partial charge is 0.445 e. The summed E-state index contributed by atoms with van der Waals surface area (Å²) in [5.41, 5.74) is 1.11. The van der Waals surface area contributed by atoms with E-state index in [0.717, 1.165) is 17.5 Å². The van der Waals surface area contributed by atoms with Crippen molar-refractivity contribution >= 4 is 52.7 Å². The molecule has 0 radical (unpaired) electrons. The van der Waals surface area contributed by atoms with E-state index in [0.29, 0.717) is 50.4 Å². The van der Waals surface area contributed by atoms with Gasteiger partial charge in [-0.2, -0.15) is 0 Å². The molecular weight excluding hydrogens is 847 g/mol. The quantitative estimate of drug-likeness (QED) is 0.0713. The molecule has 0 aliphatic carbocycles. The van der Waals surface area contributed by atoms with Crippen LogP contribution in [-0.2, 0) is 41.7 Å². The highest BCUT2D eigenvalue weighted by atomic mass is 32.2. The number of nitrogens with one attached hydrogen (secondary N) is 5. The fourth-order valence-corrected chi connectivity index (χ4v) is 8.45. The number of nitrogens with zero attached hydrogens (tertiary/aromatic N) is 2. The number of likely N-dealkylation sites (tertiary alicyclic amines) is 1. The number of aliphatic imine (C=N–C) groups is 1. The van der Waals surface area contributed by atoms with Crippen molar-refractivity contribution < 1.29 is 38.2 Å². The maximum Gasteiger partial charge on any atom is 0.408 e. The van der Waals surface area contributed by atoms with Crippen molar-refractivity contribution in [2.24, 2.45) is 22.7 Å². The van der Waals surface area contributed by atoms with Crippen LogP contribution >= 0.6 is 11.8 Å². The lowest BCUT2D eigenvalue weighted by Crippen LogP contribution is -2.58. The number of rotatable bonds is 20. The molecule has 2 aromatic rings. The number of benzene rings is 2. The highest BCUT2D eigenvalue weighted by Gasteiger charge is 2.39. The van der Waals surface area contributed by atoms with Crippen LogP contribution in [0.5, 0.6) is 0 Å². The van der Waals surface area contributed by atoms with E-state index in [1.807, 2.05) is 72.8 Å². The minimum absolute atomic E-state index is 0.111. The van der Waals surface area contributed by atoms with Gasteiger partial charge in [-0.25, -0.2) is 9.59 Å². The van der Waals surface area contributed by atoms with Gasteiger partial charge < -0.3 is 41.0 Å². The van der Waals surface area contributed by atoms with Crippen molar-refractivity contribution in [1.29, 1.82) is 0 Å². The second kappa shape index (κ2) is 25.9. The van der Waals surface area contributed by atoms with Gasteiger partial charge in [-0.05, 0) is 88.7 Å². The molecule has 1 saturated heterocycles. The number of alkyl carbamates (subject to hydrolysis) is 2. The molecule has 356 valence electrons. The molecule has 0 aromatic heterocycles. The highest BCUT2D eigenvalue weighted by molar-refractivity contribution is 8.14. The van der Waals surface area contributed by atoms with E-state index < -0.39 is 65.6 Å². The lowest BCUT2D eigenvalue weighted by Gasteiger charge is -2.30. The summed E-state index contributed by atoms with van der Waals surface area (Å²) in [6, 6.07) is 15.7. The first-order chi connectivity index (χ1) is 30.9. The smallest absolute Gasteiger partial charge is 0.408 e. The van der Waals surface area contributed by atoms with Gasteiger partial charge in [0.05, 0.1) is 12.0 Å². The summed E-state index contributed by atoms with van der Waals surface area (Å²) in [7, 11) is 0. The molecule has 0 saturated carbocycles. The van der Waals surface area contributed by atoms with Gasteiger partial charge in [0.25, 0.3) is 0 Å². The van der Waals surface area contributed by atoms with Crippen LogP contribution in [0.4, 0.5) is 9.59 Å². The number of thioether (sulfide) groups is 1. The van der Waals surface area contributed by atoms with Gasteiger partial charge in [-0.1, -0.05) is 119 Å². The molecule has 0 bridgehead atoms. The number of carbonyl (C=O) groups excluding carboxylic acids is 6. The van der Waals surface area contributed by atoms with Crippen molar-refractivity contribution in [2.75, 3.05) is 19.6 Å². The molecule has 4 rings (SSSR count). The fourth-order valence-electron chi connectivity index (χ4n) is 7.52. The Morgan fingerprint density at radius 2 is 1.54 bits per heavy atom. The van der Waals surface area contributed by atoms with Crippen molar-refractivity contribution in [2.45, 2.75) is 142 Å². The van der Waals surface area contributed by atoms with Crippen molar-refractivity contribution in [1.82, 2.24) is 31.5 Å². The zero-order valence-corrected chi connectivity index (χ0v) is 40.2. The summed E-state index contributed by atoms with van der Waals surface area (Å²) >= 11 is 1.45. The Morgan fingerprint density at radius 3 is 2.17 bits per heavy atom. The van der Waals surface area contributed by atoms with E-state index in [1.54, 1.807) is 39.5 Å². The molecule has 6 amide bonds. The molecule has 2 aromatic carbocycles. The maximum absolute atomic E-state index is 14.5. The van der Waals surface area contributed by atoms with E-state index in [2.05, 4.69) is 52.3 Å². The third kappa shape index (κ3) is 18.6. The minimum atomic E-state index is -1.03. The number of carbonyl (C=O) groups is 6. The normalized spacial score (nSPS) is 18.2. The van der Waals surface area contributed by atoms with Gasteiger partial charge in [0, 0.05) is 24.9 Å². The molecule has 5 N–H and O–H groups in total. The Morgan fingerprint density at radius 1 is 0.862 bits per heavy atom. The van der Waals surface area contributed by atoms with Crippen LogP contribution in [0.3, 0.4) is 0 Å². The second-order valence-electron chi connectivity index (χ2n) is 18.6. The Balaban J connectivity index is 1.46. The summed E-state index contributed by atoms with van der Waals surface area (Å²) in [6.07, 6.45) is 5.90. The van der Waals surface area contributed by atoms with Crippen LogP contribution in [0.1, 0.15) is 105 Å². The van der Waals surface area contributed by atoms with Crippen LogP contribution in [0.25, 0.3) is 0 Å². The van der Waals surface area contributed by atoms with Crippen molar-refractivity contribution in [3.05, 3.63) is 83.9 Å². The fraction of sp³-hybridized carbons (Fsp3) is 0.571. The topological polar surface area (TPSA) is 197 Å². The number of hydrogen-bond donors (Lipinski definition) is 5. The molecule has 1 fully saturated rings.